The van der Waals surface area contributed by atoms with Crippen LogP contribution in [0.4, 0.5) is 10.5 Å². The number of imidazole rings is 1. The number of urea groups is 1. The topological polar surface area (TPSA) is 110 Å². The fourth-order valence-corrected chi connectivity index (χ4v) is 3.18. The lowest BCUT2D eigenvalue weighted by atomic mass is 10.1. The van der Waals surface area contributed by atoms with Gasteiger partial charge in [0.05, 0.1) is 17.1 Å². The Balaban J connectivity index is 1.87. The Morgan fingerprint density at radius 2 is 1.81 bits per heavy atom. The number of amides is 2. The van der Waals surface area contributed by atoms with Crippen LogP contribution in [0.5, 0.6) is 0 Å². The molecule has 1 atom stereocenters. The third-order valence-electron chi connectivity index (χ3n) is 4.60. The summed E-state index contributed by atoms with van der Waals surface area (Å²) in [6, 6.07) is 3.09. The summed E-state index contributed by atoms with van der Waals surface area (Å²) in [5.74, 6) is 1.22. The fraction of sp³-hybridized carbons (Fsp3) is 0.444. The van der Waals surface area contributed by atoms with Gasteiger partial charge in [0.25, 0.3) is 0 Å². The van der Waals surface area contributed by atoms with E-state index in [4.69, 9.17) is 0 Å². The largest absolute Gasteiger partial charge is 0.329 e. The highest BCUT2D eigenvalue weighted by molar-refractivity contribution is 5.93. The number of aromatic amines is 1. The van der Waals surface area contributed by atoms with Gasteiger partial charge in [-0.15, -0.1) is 0 Å². The Morgan fingerprint density at radius 3 is 2.37 bits per heavy atom. The minimum atomic E-state index is -0.354. The SMILES string of the molecule is CCn1c(=O)n(CC)c2cc(NC(=O)N[C@H](C)c3n[nH]c(C)n3)c(C)cc21. The number of hydrogen-bond acceptors (Lipinski definition) is 4. The van der Waals surface area contributed by atoms with E-state index >= 15 is 0 Å². The van der Waals surface area contributed by atoms with E-state index in [1.807, 2.05) is 39.8 Å². The molecule has 9 nitrogen and oxygen atoms in total. The highest BCUT2D eigenvalue weighted by Crippen LogP contribution is 2.23. The van der Waals surface area contributed by atoms with E-state index in [0.717, 1.165) is 16.6 Å². The van der Waals surface area contributed by atoms with Crippen LogP contribution >= 0.6 is 0 Å². The first kappa shape index (κ1) is 18.7. The summed E-state index contributed by atoms with van der Waals surface area (Å²) in [7, 11) is 0. The lowest BCUT2D eigenvalue weighted by Gasteiger charge is -2.14. The van der Waals surface area contributed by atoms with Crippen molar-refractivity contribution in [1.29, 1.82) is 0 Å². The minimum Gasteiger partial charge on any atom is -0.328 e. The van der Waals surface area contributed by atoms with Gasteiger partial charge in [0.2, 0.25) is 0 Å². The first-order valence-electron chi connectivity index (χ1n) is 9.05. The normalized spacial score (nSPS) is 12.3. The van der Waals surface area contributed by atoms with E-state index in [0.29, 0.717) is 30.4 Å². The van der Waals surface area contributed by atoms with Crippen LogP contribution in [0.15, 0.2) is 16.9 Å². The number of nitrogens with zero attached hydrogens (tertiary/aromatic N) is 4. The highest BCUT2D eigenvalue weighted by Gasteiger charge is 2.17. The van der Waals surface area contributed by atoms with E-state index in [-0.39, 0.29) is 17.8 Å². The third kappa shape index (κ3) is 3.44. The molecule has 2 amide bonds. The number of benzene rings is 1. The fourth-order valence-electron chi connectivity index (χ4n) is 3.18. The number of H-pyrrole nitrogens is 1. The van der Waals surface area contributed by atoms with Crippen LogP contribution in [-0.2, 0) is 13.1 Å². The summed E-state index contributed by atoms with van der Waals surface area (Å²) in [4.78, 5) is 29.1. The van der Waals surface area contributed by atoms with Crippen LogP contribution < -0.4 is 16.3 Å². The van der Waals surface area contributed by atoms with Crippen molar-refractivity contribution >= 4 is 22.8 Å². The van der Waals surface area contributed by atoms with E-state index in [2.05, 4.69) is 25.8 Å². The monoisotopic (exact) mass is 371 g/mol. The van der Waals surface area contributed by atoms with Crippen molar-refractivity contribution in [2.24, 2.45) is 0 Å². The lowest BCUT2D eigenvalue weighted by Crippen LogP contribution is -2.32. The molecule has 0 unspecified atom stereocenters. The minimum absolute atomic E-state index is 0.0374. The van der Waals surface area contributed by atoms with Crippen molar-refractivity contribution in [1.82, 2.24) is 29.6 Å². The maximum absolute atomic E-state index is 12.5. The molecule has 27 heavy (non-hydrogen) atoms. The number of fused-ring (bicyclic) bond motifs is 1. The molecule has 0 saturated heterocycles. The molecule has 144 valence electrons. The molecule has 0 saturated carbocycles. The second-order valence-electron chi connectivity index (χ2n) is 6.53. The zero-order chi connectivity index (χ0) is 19.7. The van der Waals surface area contributed by atoms with Gasteiger partial charge in [-0.05, 0) is 52.3 Å². The summed E-state index contributed by atoms with van der Waals surface area (Å²) in [5, 5.41) is 12.5. The molecular formula is C18H25N7O2. The average molecular weight is 371 g/mol. The number of rotatable bonds is 5. The molecule has 0 radical (unpaired) electrons. The number of aromatic nitrogens is 5. The molecule has 3 N–H and O–H groups in total. The molecule has 0 aliphatic rings. The van der Waals surface area contributed by atoms with Gasteiger partial charge in [-0.3, -0.25) is 14.2 Å². The smallest absolute Gasteiger partial charge is 0.328 e. The molecule has 0 bridgehead atoms. The summed E-state index contributed by atoms with van der Waals surface area (Å²) in [5.41, 5.74) is 3.19. The van der Waals surface area contributed by atoms with E-state index < -0.39 is 0 Å². The summed E-state index contributed by atoms with van der Waals surface area (Å²) >= 11 is 0. The van der Waals surface area contributed by atoms with Crippen LogP contribution in [0.3, 0.4) is 0 Å². The molecule has 0 aliphatic heterocycles. The predicted octanol–water partition coefficient (Wildman–Crippen LogP) is 2.46. The molecule has 0 fully saturated rings. The zero-order valence-corrected chi connectivity index (χ0v) is 16.3. The van der Waals surface area contributed by atoms with Crippen molar-refractivity contribution in [3.63, 3.8) is 0 Å². The Morgan fingerprint density at radius 1 is 1.19 bits per heavy atom. The predicted molar refractivity (Wildman–Crippen MR) is 104 cm³/mol. The maximum atomic E-state index is 12.5. The van der Waals surface area contributed by atoms with Gasteiger partial charge in [0.15, 0.2) is 5.82 Å². The second kappa shape index (κ2) is 7.26. The average Bonchev–Trinajstić information content (AvgIpc) is 3.15. The molecule has 0 spiro atoms. The quantitative estimate of drug-likeness (QED) is 0.640. The van der Waals surface area contributed by atoms with E-state index in [1.54, 1.807) is 16.1 Å². The van der Waals surface area contributed by atoms with Gasteiger partial charge in [0.1, 0.15) is 5.82 Å². The number of hydrogen-bond donors (Lipinski definition) is 3. The lowest BCUT2D eigenvalue weighted by molar-refractivity contribution is 0.249. The van der Waals surface area contributed by atoms with Gasteiger partial charge in [-0.2, -0.15) is 5.10 Å². The molecule has 2 heterocycles. The molecule has 3 aromatic rings. The van der Waals surface area contributed by atoms with Crippen molar-refractivity contribution < 1.29 is 4.79 Å². The number of nitrogens with one attached hydrogen (secondary N) is 3. The first-order chi connectivity index (χ1) is 12.8. The Kier molecular flexibility index (Phi) is 5.02. The van der Waals surface area contributed by atoms with Crippen molar-refractivity contribution in [3.05, 3.63) is 39.8 Å². The third-order valence-corrected chi connectivity index (χ3v) is 4.60. The standard InChI is InChI=1S/C18H25N7O2/c1-6-24-14-8-10(3)13(9-15(14)25(7-2)18(24)27)21-17(26)19-11(4)16-20-12(5)22-23-16/h8-9,11H,6-7H2,1-5H3,(H2,19,21,26)(H,20,22,23)/t11-/m1/s1. The van der Waals surface area contributed by atoms with Crippen molar-refractivity contribution in [2.45, 2.75) is 53.8 Å². The molecule has 0 aliphatic carbocycles. The Hall–Kier alpha value is -3.10. The van der Waals surface area contributed by atoms with E-state index in [1.165, 1.54) is 0 Å². The molecule has 3 rings (SSSR count). The highest BCUT2D eigenvalue weighted by atomic mass is 16.2. The van der Waals surface area contributed by atoms with Crippen LogP contribution in [0.2, 0.25) is 0 Å². The summed E-state index contributed by atoms with van der Waals surface area (Å²) < 4.78 is 3.45. The van der Waals surface area contributed by atoms with Gasteiger partial charge < -0.3 is 10.6 Å². The molecule has 2 aromatic heterocycles. The molecule has 1 aromatic carbocycles. The van der Waals surface area contributed by atoms with Crippen LogP contribution in [0, 0.1) is 13.8 Å². The second-order valence-corrected chi connectivity index (χ2v) is 6.53. The molecular weight excluding hydrogens is 346 g/mol. The molecule has 9 heteroatoms. The van der Waals surface area contributed by atoms with Gasteiger partial charge in [-0.1, -0.05) is 0 Å². The zero-order valence-electron chi connectivity index (χ0n) is 16.3. The van der Waals surface area contributed by atoms with Crippen LogP contribution in [0.25, 0.3) is 11.0 Å². The Bertz CT molecular complexity index is 1040. The van der Waals surface area contributed by atoms with Gasteiger partial charge >= 0.3 is 11.7 Å². The number of carbonyl (C=O) groups is 1. The van der Waals surface area contributed by atoms with E-state index in [9.17, 15) is 9.59 Å². The van der Waals surface area contributed by atoms with Gasteiger partial charge in [-0.25, -0.2) is 14.6 Å². The first-order valence-corrected chi connectivity index (χ1v) is 9.05. The van der Waals surface area contributed by atoms with Crippen LogP contribution in [0.1, 0.15) is 44.0 Å². The Labute approximate surface area is 156 Å². The summed E-state index contributed by atoms with van der Waals surface area (Å²) in [6.07, 6.45) is 0. The number of carbonyl (C=O) groups excluding carboxylic acids is 1. The number of aryl methyl sites for hydroxylation is 4. The maximum Gasteiger partial charge on any atom is 0.329 e. The summed E-state index contributed by atoms with van der Waals surface area (Å²) in [6.45, 7) is 10.6. The van der Waals surface area contributed by atoms with Crippen molar-refractivity contribution in [3.8, 4) is 0 Å². The van der Waals surface area contributed by atoms with Crippen molar-refractivity contribution in [2.75, 3.05) is 5.32 Å². The van der Waals surface area contributed by atoms with Gasteiger partial charge in [0, 0.05) is 18.8 Å². The van der Waals surface area contributed by atoms with Crippen LogP contribution in [-0.4, -0.2) is 30.3 Å². The number of anilines is 1.